The zero-order valence-corrected chi connectivity index (χ0v) is 11.8. The molecule has 0 aromatic carbocycles. The molecule has 0 unspecified atom stereocenters. The van der Waals surface area contributed by atoms with E-state index in [1.54, 1.807) is 4.68 Å². The predicted molar refractivity (Wildman–Crippen MR) is 71.3 cm³/mol. The van der Waals surface area contributed by atoms with Crippen molar-refractivity contribution in [2.24, 2.45) is 30.7 Å². The maximum absolute atomic E-state index is 9.05. The number of nitrogens with zero attached hydrogens (tertiary/aromatic N) is 4. The van der Waals surface area contributed by atoms with E-state index in [2.05, 4.69) is 16.4 Å². The SMILES string of the molecule is Cn1nnc(C#N)c1COC1C2CC3CC(C2)CC1C3. The van der Waals surface area contributed by atoms with Crippen LogP contribution in [0.5, 0.6) is 0 Å². The molecule has 0 N–H and O–H groups in total. The van der Waals surface area contributed by atoms with Crippen LogP contribution in [0.25, 0.3) is 0 Å². The summed E-state index contributed by atoms with van der Waals surface area (Å²) >= 11 is 0. The van der Waals surface area contributed by atoms with E-state index in [0.717, 1.165) is 29.4 Å². The van der Waals surface area contributed by atoms with E-state index in [0.29, 0.717) is 18.4 Å². The van der Waals surface area contributed by atoms with E-state index in [1.807, 2.05) is 7.05 Å². The molecule has 20 heavy (non-hydrogen) atoms. The average Bonchev–Trinajstić information content (AvgIpc) is 2.78. The van der Waals surface area contributed by atoms with Gasteiger partial charge in [-0.25, -0.2) is 4.68 Å². The molecule has 5 nitrogen and oxygen atoms in total. The molecule has 4 bridgehead atoms. The summed E-state index contributed by atoms with van der Waals surface area (Å²) in [6, 6.07) is 2.09. The largest absolute Gasteiger partial charge is 0.371 e. The Labute approximate surface area is 118 Å². The minimum atomic E-state index is 0.393. The van der Waals surface area contributed by atoms with Gasteiger partial charge in [-0.2, -0.15) is 5.26 Å². The molecule has 0 saturated heterocycles. The average molecular weight is 272 g/mol. The first-order valence-corrected chi connectivity index (χ1v) is 7.65. The summed E-state index contributed by atoms with van der Waals surface area (Å²) in [6.45, 7) is 0.472. The number of aryl methyl sites for hydroxylation is 1. The van der Waals surface area contributed by atoms with Gasteiger partial charge in [0.25, 0.3) is 0 Å². The van der Waals surface area contributed by atoms with Gasteiger partial charge in [-0.15, -0.1) is 5.10 Å². The van der Waals surface area contributed by atoms with E-state index < -0.39 is 0 Å². The maximum Gasteiger partial charge on any atom is 0.188 e. The van der Waals surface area contributed by atoms with Gasteiger partial charge in [0, 0.05) is 7.05 Å². The van der Waals surface area contributed by atoms with Crippen molar-refractivity contribution in [2.75, 3.05) is 0 Å². The number of rotatable bonds is 3. The number of ether oxygens (including phenoxy) is 1. The number of hydrogen-bond acceptors (Lipinski definition) is 4. The first-order valence-electron chi connectivity index (χ1n) is 7.65. The van der Waals surface area contributed by atoms with Gasteiger partial charge in [0.15, 0.2) is 5.69 Å². The van der Waals surface area contributed by atoms with Crippen molar-refractivity contribution in [1.29, 1.82) is 5.26 Å². The predicted octanol–water partition coefficient (Wildman–Crippen LogP) is 2.03. The Morgan fingerprint density at radius 1 is 1.20 bits per heavy atom. The van der Waals surface area contributed by atoms with E-state index in [9.17, 15) is 0 Å². The Balaban J connectivity index is 1.47. The van der Waals surface area contributed by atoms with Crippen molar-refractivity contribution in [3.05, 3.63) is 11.4 Å². The molecule has 0 atom stereocenters. The van der Waals surface area contributed by atoms with Crippen molar-refractivity contribution in [2.45, 2.75) is 44.8 Å². The van der Waals surface area contributed by atoms with Crippen LogP contribution in [0.2, 0.25) is 0 Å². The molecular formula is C15H20N4O. The summed E-state index contributed by atoms with van der Waals surface area (Å²) < 4.78 is 7.90. The van der Waals surface area contributed by atoms with Gasteiger partial charge in [-0.3, -0.25) is 0 Å². The van der Waals surface area contributed by atoms with Crippen LogP contribution in [0.4, 0.5) is 0 Å². The summed E-state index contributed by atoms with van der Waals surface area (Å²) in [5.74, 6) is 3.42. The highest BCUT2D eigenvalue weighted by atomic mass is 16.5. The molecule has 5 heteroatoms. The molecule has 1 aromatic rings. The molecule has 4 saturated carbocycles. The Hall–Kier alpha value is -1.41. The lowest BCUT2D eigenvalue weighted by molar-refractivity contribution is -0.132. The van der Waals surface area contributed by atoms with Crippen molar-refractivity contribution in [3.8, 4) is 6.07 Å². The smallest absolute Gasteiger partial charge is 0.188 e. The fourth-order valence-electron chi connectivity index (χ4n) is 4.95. The summed E-state index contributed by atoms with van der Waals surface area (Å²) in [4.78, 5) is 0. The van der Waals surface area contributed by atoms with Crippen LogP contribution in [-0.2, 0) is 18.4 Å². The molecule has 0 radical (unpaired) electrons. The summed E-state index contributed by atoms with van der Waals surface area (Å²) in [7, 11) is 1.82. The van der Waals surface area contributed by atoms with Gasteiger partial charge in [0.2, 0.25) is 0 Å². The molecule has 4 fully saturated rings. The molecule has 106 valence electrons. The molecule has 0 amide bonds. The second kappa shape index (κ2) is 4.56. The minimum Gasteiger partial charge on any atom is -0.371 e. The van der Waals surface area contributed by atoms with Crippen LogP contribution >= 0.6 is 0 Å². The lowest BCUT2D eigenvalue weighted by atomic mass is 9.55. The first kappa shape index (κ1) is 12.3. The third-order valence-corrected chi connectivity index (χ3v) is 5.60. The van der Waals surface area contributed by atoms with Gasteiger partial charge < -0.3 is 4.74 Å². The fourth-order valence-corrected chi connectivity index (χ4v) is 4.95. The van der Waals surface area contributed by atoms with Crippen LogP contribution < -0.4 is 0 Å². The van der Waals surface area contributed by atoms with Crippen LogP contribution in [0.15, 0.2) is 0 Å². The highest BCUT2D eigenvalue weighted by Gasteiger charge is 2.48. The Kier molecular flexibility index (Phi) is 2.81. The van der Waals surface area contributed by atoms with Gasteiger partial charge >= 0.3 is 0 Å². The Morgan fingerprint density at radius 3 is 2.45 bits per heavy atom. The highest BCUT2D eigenvalue weighted by Crippen LogP contribution is 2.54. The fraction of sp³-hybridized carbons (Fsp3) is 0.800. The van der Waals surface area contributed by atoms with Gasteiger partial charge in [-0.05, 0) is 55.8 Å². The molecule has 4 aliphatic rings. The van der Waals surface area contributed by atoms with E-state index in [1.165, 1.54) is 32.1 Å². The first-order chi connectivity index (χ1) is 9.74. The standard InChI is InChI=1S/C15H20N4O/c1-19-14(13(7-16)17-18-19)8-20-15-11-3-9-2-10(5-11)6-12(15)4-9/h9-12,15H,2-6,8H2,1H3. The topological polar surface area (TPSA) is 63.7 Å². The minimum absolute atomic E-state index is 0.393. The normalized spacial score (nSPS) is 38.1. The molecule has 4 aliphatic carbocycles. The van der Waals surface area contributed by atoms with Gasteiger partial charge in [0.1, 0.15) is 11.8 Å². The third kappa shape index (κ3) is 1.86. The molecular weight excluding hydrogens is 252 g/mol. The summed E-state index contributed by atoms with van der Waals surface area (Å²) in [5.41, 5.74) is 1.21. The zero-order chi connectivity index (χ0) is 13.7. The quantitative estimate of drug-likeness (QED) is 0.844. The maximum atomic E-state index is 9.05. The Bertz CT molecular complexity index is 531. The van der Waals surface area contributed by atoms with Crippen LogP contribution in [0.1, 0.15) is 43.5 Å². The van der Waals surface area contributed by atoms with Gasteiger partial charge in [-0.1, -0.05) is 5.21 Å². The monoisotopic (exact) mass is 272 g/mol. The number of nitriles is 1. The van der Waals surface area contributed by atoms with Crippen molar-refractivity contribution >= 4 is 0 Å². The summed E-state index contributed by atoms with van der Waals surface area (Å²) in [5, 5.41) is 16.8. The number of hydrogen-bond donors (Lipinski definition) is 0. The molecule has 1 aromatic heterocycles. The lowest BCUT2D eigenvalue weighted by Crippen LogP contribution is -2.49. The lowest BCUT2D eigenvalue weighted by Gasteiger charge is -2.54. The molecule has 0 spiro atoms. The third-order valence-electron chi connectivity index (χ3n) is 5.60. The highest BCUT2D eigenvalue weighted by molar-refractivity contribution is 5.23. The van der Waals surface area contributed by atoms with Crippen LogP contribution in [0.3, 0.4) is 0 Å². The van der Waals surface area contributed by atoms with Crippen molar-refractivity contribution < 1.29 is 4.74 Å². The zero-order valence-electron chi connectivity index (χ0n) is 11.8. The van der Waals surface area contributed by atoms with E-state index in [4.69, 9.17) is 10.00 Å². The van der Waals surface area contributed by atoms with Crippen LogP contribution in [-0.4, -0.2) is 21.1 Å². The van der Waals surface area contributed by atoms with Crippen molar-refractivity contribution in [3.63, 3.8) is 0 Å². The molecule has 0 aliphatic heterocycles. The molecule has 5 rings (SSSR count). The van der Waals surface area contributed by atoms with E-state index >= 15 is 0 Å². The second-order valence-electron chi connectivity index (χ2n) is 6.83. The van der Waals surface area contributed by atoms with Gasteiger partial charge in [0.05, 0.1) is 12.7 Å². The summed E-state index contributed by atoms with van der Waals surface area (Å²) in [6.07, 6.45) is 7.27. The van der Waals surface area contributed by atoms with Crippen molar-refractivity contribution in [1.82, 2.24) is 15.0 Å². The second-order valence-corrected chi connectivity index (χ2v) is 6.83. The Morgan fingerprint density at radius 2 is 1.85 bits per heavy atom. The molecule has 1 heterocycles. The van der Waals surface area contributed by atoms with Crippen LogP contribution in [0, 0.1) is 35.0 Å². The van der Waals surface area contributed by atoms with E-state index in [-0.39, 0.29) is 0 Å². The number of aromatic nitrogens is 3.